The van der Waals surface area contributed by atoms with E-state index in [-0.39, 0.29) is 21.8 Å². The molecule has 0 fully saturated rings. The van der Waals surface area contributed by atoms with Gasteiger partial charge in [-0.15, -0.1) is 0 Å². The number of halogens is 5. The summed E-state index contributed by atoms with van der Waals surface area (Å²) in [6, 6.07) is 0.830. The van der Waals surface area contributed by atoms with Gasteiger partial charge in [-0.3, -0.25) is 23.7 Å². The molecule has 7 nitrogen and oxygen atoms in total. The summed E-state index contributed by atoms with van der Waals surface area (Å²) < 4.78 is 69.4. The number of fused-ring (bicyclic) bond motifs is 2. The van der Waals surface area contributed by atoms with Crippen molar-refractivity contribution in [3.8, 4) is 5.69 Å². The molecule has 12 heteroatoms. The minimum Gasteiger partial charge on any atom is -0.394 e. The van der Waals surface area contributed by atoms with Crippen LogP contribution in [0.15, 0.2) is 31.3 Å². The predicted molar refractivity (Wildman–Crippen MR) is 102 cm³/mol. The van der Waals surface area contributed by atoms with Crippen LogP contribution in [-0.2, 0) is 0 Å². The van der Waals surface area contributed by atoms with Crippen molar-refractivity contribution in [1.82, 2.24) is 9.13 Å². The molecule has 32 heavy (non-hydrogen) atoms. The minimum absolute atomic E-state index is 0.216. The molecule has 166 valence electrons. The third-order valence-corrected chi connectivity index (χ3v) is 5.38. The predicted octanol–water partition coefficient (Wildman–Crippen LogP) is 1.54. The number of aromatic nitrogens is 2. The Morgan fingerprint density at radius 3 is 1.47 bits per heavy atom. The first-order chi connectivity index (χ1) is 15.1. The van der Waals surface area contributed by atoms with Crippen molar-refractivity contribution in [3.63, 3.8) is 0 Å². The quantitative estimate of drug-likeness (QED) is 0.287. The summed E-state index contributed by atoms with van der Waals surface area (Å²) >= 11 is 0. The van der Waals surface area contributed by atoms with Crippen LogP contribution in [0.4, 0.5) is 22.0 Å². The Hall–Kier alpha value is -3.67. The lowest BCUT2D eigenvalue weighted by atomic mass is 10.1. The van der Waals surface area contributed by atoms with Gasteiger partial charge in [0.05, 0.1) is 34.2 Å². The SMILES string of the molecule is CCC(CO)n1c(=O)c2cc3c(=O)n(-c4c(F)c(F)c(F)c(F)c4F)c(=O)c3cc2c1=O. The van der Waals surface area contributed by atoms with E-state index in [9.17, 15) is 46.2 Å². The van der Waals surface area contributed by atoms with Gasteiger partial charge in [0.2, 0.25) is 5.82 Å². The fourth-order valence-corrected chi connectivity index (χ4v) is 3.71. The highest BCUT2D eigenvalue weighted by Crippen LogP contribution is 2.26. The maximum absolute atomic E-state index is 14.2. The molecular weight excluding hydrogens is 443 g/mol. The first-order valence-corrected chi connectivity index (χ1v) is 9.13. The van der Waals surface area contributed by atoms with Crippen LogP contribution in [0.3, 0.4) is 0 Å². The zero-order valence-corrected chi connectivity index (χ0v) is 16.0. The highest BCUT2D eigenvalue weighted by Gasteiger charge is 2.30. The van der Waals surface area contributed by atoms with E-state index in [0.29, 0.717) is 0 Å². The van der Waals surface area contributed by atoms with Gasteiger partial charge in [0.1, 0.15) is 5.69 Å². The normalized spacial score (nSPS) is 12.8. The Bertz CT molecular complexity index is 1530. The Balaban J connectivity index is 2.14. The standard InChI is InChI=1S/C20H11F5N2O5/c1-2-6(5-28)26-17(29)7-3-9-10(4-8(7)18(26)30)20(32)27(19(9)31)16-14(24)12(22)11(21)13(23)15(16)25/h3-4,6,28H,2,5H2,1H3. The summed E-state index contributed by atoms with van der Waals surface area (Å²) in [6.45, 7) is 1.08. The molecule has 2 aromatic carbocycles. The second kappa shape index (κ2) is 7.19. The van der Waals surface area contributed by atoms with Crippen molar-refractivity contribution in [2.45, 2.75) is 19.4 Å². The molecule has 4 rings (SSSR count). The first kappa shape index (κ1) is 21.6. The lowest BCUT2D eigenvalue weighted by Gasteiger charge is -2.10. The molecule has 1 atom stereocenters. The summed E-state index contributed by atoms with van der Waals surface area (Å²) in [5.41, 5.74) is -6.39. The summed E-state index contributed by atoms with van der Waals surface area (Å²) in [7, 11) is 0. The molecule has 4 aromatic rings. The average Bonchev–Trinajstić information content (AvgIpc) is 3.16. The second-order valence-corrected chi connectivity index (χ2v) is 7.03. The van der Waals surface area contributed by atoms with Crippen LogP contribution in [-0.4, -0.2) is 20.8 Å². The maximum Gasteiger partial charge on any atom is 0.266 e. The third kappa shape index (κ3) is 2.62. The van der Waals surface area contributed by atoms with Gasteiger partial charge in [-0.05, 0) is 18.6 Å². The molecule has 0 aliphatic heterocycles. The van der Waals surface area contributed by atoms with E-state index in [2.05, 4.69) is 0 Å². The van der Waals surface area contributed by atoms with Crippen LogP contribution >= 0.6 is 0 Å². The van der Waals surface area contributed by atoms with Crippen molar-refractivity contribution < 1.29 is 27.1 Å². The number of benzene rings is 2. The molecule has 2 heterocycles. The number of hydrogen-bond donors (Lipinski definition) is 1. The molecule has 0 bridgehead atoms. The van der Waals surface area contributed by atoms with E-state index < -0.39 is 80.4 Å². The van der Waals surface area contributed by atoms with Crippen LogP contribution in [0.1, 0.15) is 19.4 Å². The molecule has 0 aliphatic carbocycles. The fourth-order valence-electron chi connectivity index (χ4n) is 3.71. The van der Waals surface area contributed by atoms with E-state index in [1.807, 2.05) is 0 Å². The van der Waals surface area contributed by atoms with Crippen molar-refractivity contribution in [1.29, 1.82) is 0 Å². The number of nitrogens with zero attached hydrogens (tertiary/aromatic N) is 2. The van der Waals surface area contributed by atoms with E-state index >= 15 is 0 Å². The Morgan fingerprint density at radius 1 is 0.719 bits per heavy atom. The smallest absolute Gasteiger partial charge is 0.266 e. The van der Waals surface area contributed by atoms with Crippen molar-refractivity contribution in [2.24, 2.45) is 0 Å². The van der Waals surface area contributed by atoms with Gasteiger partial charge >= 0.3 is 0 Å². The zero-order chi connectivity index (χ0) is 23.6. The number of aliphatic hydroxyl groups is 1. The van der Waals surface area contributed by atoms with Gasteiger partial charge in [-0.2, -0.15) is 0 Å². The summed E-state index contributed by atoms with van der Waals surface area (Å²) in [5, 5.41) is 7.68. The topological polar surface area (TPSA) is 98.4 Å². The van der Waals surface area contributed by atoms with Gasteiger partial charge in [-0.1, -0.05) is 6.92 Å². The summed E-state index contributed by atoms with van der Waals surface area (Å²) in [5.74, 6) is -12.0. The van der Waals surface area contributed by atoms with Gasteiger partial charge in [0, 0.05) is 0 Å². The molecule has 1 N–H and O–H groups in total. The number of aliphatic hydroxyl groups excluding tert-OH is 1. The Labute approximate surface area is 172 Å². The van der Waals surface area contributed by atoms with Crippen LogP contribution < -0.4 is 22.2 Å². The van der Waals surface area contributed by atoms with Gasteiger partial charge in [-0.25, -0.2) is 26.5 Å². The fraction of sp³-hybridized carbons (Fsp3) is 0.200. The highest BCUT2D eigenvalue weighted by molar-refractivity contribution is 5.98. The van der Waals surface area contributed by atoms with Crippen molar-refractivity contribution >= 4 is 21.5 Å². The summed E-state index contributed by atoms with van der Waals surface area (Å²) in [4.78, 5) is 50.8. The van der Waals surface area contributed by atoms with Gasteiger partial charge in [0.15, 0.2) is 23.3 Å². The minimum atomic E-state index is -2.47. The van der Waals surface area contributed by atoms with E-state index in [0.717, 1.165) is 16.7 Å². The molecular formula is C20H11F5N2O5. The van der Waals surface area contributed by atoms with E-state index in [4.69, 9.17) is 0 Å². The monoisotopic (exact) mass is 454 g/mol. The number of hydrogen-bond acceptors (Lipinski definition) is 5. The zero-order valence-electron chi connectivity index (χ0n) is 16.0. The molecule has 0 saturated heterocycles. The highest BCUT2D eigenvalue weighted by atomic mass is 19.2. The van der Waals surface area contributed by atoms with Crippen LogP contribution in [0, 0.1) is 29.1 Å². The van der Waals surface area contributed by atoms with Crippen LogP contribution in [0.25, 0.3) is 27.2 Å². The average molecular weight is 454 g/mol. The molecule has 0 saturated carbocycles. The van der Waals surface area contributed by atoms with Gasteiger partial charge < -0.3 is 5.11 Å². The van der Waals surface area contributed by atoms with Crippen molar-refractivity contribution in [2.75, 3.05) is 6.61 Å². The van der Waals surface area contributed by atoms with E-state index in [1.165, 1.54) is 0 Å². The van der Waals surface area contributed by atoms with Crippen molar-refractivity contribution in [3.05, 3.63) is 82.6 Å². The Morgan fingerprint density at radius 2 is 1.09 bits per heavy atom. The second-order valence-electron chi connectivity index (χ2n) is 7.03. The van der Waals surface area contributed by atoms with E-state index in [1.54, 1.807) is 6.92 Å². The molecule has 0 spiro atoms. The molecule has 0 radical (unpaired) electrons. The third-order valence-electron chi connectivity index (χ3n) is 5.38. The van der Waals surface area contributed by atoms with Crippen LogP contribution in [0.5, 0.6) is 0 Å². The largest absolute Gasteiger partial charge is 0.394 e. The molecule has 2 aromatic heterocycles. The molecule has 0 aliphatic rings. The molecule has 1 unspecified atom stereocenters. The van der Waals surface area contributed by atoms with Gasteiger partial charge in [0.25, 0.3) is 22.2 Å². The lowest BCUT2D eigenvalue weighted by Crippen LogP contribution is -2.31. The van der Waals surface area contributed by atoms with Crippen LogP contribution in [0.2, 0.25) is 0 Å². The first-order valence-electron chi connectivity index (χ1n) is 9.13. The maximum atomic E-state index is 14.2. The Kier molecular flexibility index (Phi) is 4.84. The number of rotatable bonds is 4. The summed E-state index contributed by atoms with van der Waals surface area (Å²) in [6.07, 6.45) is 0.216. The lowest BCUT2D eigenvalue weighted by molar-refractivity contribution is 0.220. The molecule has 0 amide bonds.